The fraction of sp³-hybridized carbons (Fsp3) is 0.750. The van der Waals surface area contributed by atoms with E-state index in [1.165, 1.54) is 0 Å². The molecule has 1 saturated heterocycles. The van der Waals surface area contributed by atoms with Crippen LogP contribution >= 0.6 is 11.6 Å². The topological polar surface area (TPSA) is 29.1 Å². The third kappa shape index (κ3) is 0.589. The highest BCUT2D eigenvalue weighted by Gasteiger charge is 2.33. The maximum atomic E-state index is 10.2. The number of alkyl halides is 1. The predicted molar refractivity (Wildman–Crippen MR) is 27.2 cm³/mol. The van der Waals surface area contributed by atoms with E-state index in [1.54, 1.807) is 0 Å². The van der Waals surface area contributed by atoms with Crippen molar-refractivity contribution in [2.24, 2.45) is 0 Å². The van der Waals surface area contributed by atoms with Crippen molar-refractivity contribution < 1.29 is 4.79 Å². The van der Waals surface area contributed by atoms with Crippen molar-refractivity contribution in [3.05, 3.63) is 0 Å². The molecule has 0 saturated carbocycles. The van der Waals surface area contributed by atoms with E-state index in [9.17, 15) is 4.79 Å². The summed E-state index contributed by atoms with van der Waals surface area (Å²) in [6, 6.07) is 0.175. The minimum atomic E-state index is -0.278. The Kier molecular flexibility index (Phi) is 0.961. The zero-order valence-electron chi connectivity index (χ0n) is 3.94. The van der Waals surface area contributed by atoms with Gasteiger partial charge in [-0.1, -0.05) is 0 Å². The molecular weight excluding hydrogens is 114 g/mol. The third-order valence-corrected chi connectivity index (χ3v) is 1.64. The molecule has 2 atom stereocenters. The Morgan fingerprint density at radius 1 is 1.86 bits per heavy atom. The van der Waals surface area contributed by atoms with Crippen LogP contribution in [0.1, 0.15) is 6.92 Å². The number of hydrogen-bond donors (Lipinski definition) is 1. The Bertz CT molecular complexity index is 104. The molecular formula is C4H6ClNO. The molecule has 0 aliphatic carbocycles. The van der Waals surface area contributed by atoms with Crippen LogP contribution in [0.2, 0.25) is 0 Å². The van der Waals surface area contributed by atoms with Crippen molar-refractivity contribution in [1.82, 2.24) is 5.32 Å². The van der Waals surface area contributed by atoms with Gasteiger partial charge in [0.05, 0.1) is 6.04 Å². The van der Waals surface area contributed by atoms with E-state index in [-0.39, 0.29) is 17.3 Å². The highest BCUT2D eigenvalue weighted by Crippen LogP contribution is 2.11. The standard InChI is InChI=1S/C4H6ClNO/c1-2-3(5)4(7)6-2/h2-3H,1H3,(H,6,7)/t2-,3-/m0/s1. The molecule has 2 nitrogen and oxygen atoms in total. The van der Waals surface area contributed by atoms with Crippen molar-refractivity contribution in [3.8, 4) is 0 Å². The molecule has 1 aliphatic rings. The molecule has 1 fully saturated rings. The number of hydrogen-bond acceptors (Lipinski definition) is 1. The zero-order chi connectivity index (χ0) is 5.44. The summed E-state index contributed by atoms with van der Waals surface area (Å²) in [6.07, 6.45) is 0. The van der Waals surface area contributed by atoms with Gasteiger partial charge in [0.1, 0.15) is 5.38 Å². The summed E-state index contributed by atoms with van der Waals surface area (Å²) < 4.78 is 0. The summed E-state index contributed by atoms with van der Waals surface area (Å²) in [5.74, 6) is -0.0471. The van der Waals surface area contributed by atoms with Crippen LogP contribution in [0.5, 0.6) is 0 Å². The second-order valence-electron chi connectivity index (χ2n) is 1.70. The molecule has 0 unspecified atom stereocenters. The lowest BCUT2D eigenvalue weighted by atomic mass is 10.1. The third-order valence-electron chi connectivity index (χ3n) is 1.06. The van der Waals surface area contributed by atoms with Gasteiger partial charge >= 0.3 is 0 Å². The van der Waals surface area contributed by atoms with E-state index >= 15 is 0 Å². The Morgan fingerprint density at radius 3 is 2.43 bits per heavy atom. The van der Waals surface area contributed by atoms with Crippen LogP contribution in [0.25, 0.3) is 0 Å². The van der Waals surface area contributed by atoms with Gasteiger partial charge in [0.25, 0.3) is 0 Å². The van der Waals surface area contributed by atoms with Gasteiger partial charge in [0.15, 0.2) is 0 Å². The SMILES string of the molecule is C[C@@H]1NC(=O)[C@H]1Cl. The Balaban J connectivity index is 2.43. The highest BCUT2D eigenvalue weighted by atomic mass is 35.5. The smallest absolute Gasteiger partial charge is 0.240 e. The normalized spacial score (nSPS) is 39.4. The zero-order valence-corrected chi connectivity index (χ0v) is 4.70. The number of carbonyl (C=O) groups excluding carboxylic acids is 1. The fourth-order valence-corrected chi connectivity index (χ4v) is 0.634. The second kappa shape index (κ2) is 1.37. The van der Waals surface area contributed by atoms with Gasteiger partial charge in [-0.05, 0) is 6.92 Å². The molecule has 0 radical (unpaired) electrons. The molecule has 0 spiro atoms. The lowest BCUT2D eigenvalue weighted by Crippen LogP contribution is -2.57. The molecule has 1 aliphatic heterocycles. The minimum absolute atomic E-state index is 0.0471. The molecule has 0 bridgehead atoms. The number of carbonyl (C=O) groups is 1. The van der Waals surface area contributed by atoms with E-state index < -0.39 is 0 Å². The van der Waals surface area contributed by atoms with Crippen LogP contribution in [0.4, 0.5) is 0 Å². The van der Waals surface area contributed by atoms with Crippen molar-refractivity contribution in [3.63, 3.8) is 0 Å². The molecule has 1 rings (SSSR count). The highest BCUT2D eigenvalue weighted by molar-refractivity contribution is 6.33. The number of halogens is 1. The first-order valence-corrected chi connectivity index (χ1v) is 2.60. The molecule has 1 heterocycles. The molecule has 3 heteroatoms. The molecule has 40 valence electrons. The van der Waals surface area contributed by atoms with E-state index in [1.807, 2.05) is 6.92 Å². The Labute approximate surface area is 46.8 Å². The van der Waals surface area contributed by atoms with Crippen molar-refractivity contribution in [1.29, 1.82) is 0 Å². The van der Waals surface area contributed by atoms with Crippen molar-refractivity contribution >= 4 is 17.5 Å². The monoisotopic (exact) mass is 119 g/mol. The Hall–Kier alpha value is -0.240. The molecule has 0 aromatic rings. The molecule has 1 N–H and O–H groups in total. The predicted octanol–water partition coefficient (Wildman–Crippen LogP) is 0.112. The van der Waals surface area contributed by atoms with Crippen LogP contribution in [-0.2, 0) is 4.79 Å². The quantitative estimate of drug-likeness (QED) is 0.356. The molecule has 7 heavy (non-hydrogen) atoms. The van der Waals surface area contributed by atoms with Gasteiger partial charge in [0.2, 0.25) is 5.91 Å². The van der Waals surface area contributed by atoms with Gasteiger partial charge in [-0.3, -0.25) is 4.79 Å². The number of nitrogens with one attached hydrogen (secondary N) is 1. The van der Waals surface area contributed by atoms with Gasteiger partial charge < -0.3 is 5.32 Å². The number of rotatable bonds is 0. The van der Waals surface area contributed by atoms with Gasteiger partial charge in [-0.15, -0.1) is 11.6 Å². The van der Waals surface area contributed by atoms with Crippen LogP contribution in [0.15, 0.2) is 0 Å². The molecule has 1 amide bonds. The first-order valence-electron chi connectivity index (χ1n) is 2.16. The summed E-state index contributed by atoms with van der Waals surface area (Å²) in [7, 11) is 0. The van der Waals surface area contributed by atoms with E-state index in [4.69, 9.17) is 11.6 Å². The first kappa shape index (κ1) is 4.91. The minimum Gasteiger partial charge on any atom is -0.350 e. The number of amides is 1. The van der Waals surface area contributed by atoms with Crippen LogP contribution in [0, 0.1) is 0 Å². The maximum absolute atomic E-state index is 10.2. The van der Waals surface area contributed by atoms with Crippen LogP contribution in [0.3, 0.4) is 0 Å². The lowest BCUT2D eigenvalue weighted by Gasteiger charge is -2.28. The molecule has 0 aromatic carbocycles. The number of β-lactam (4-membered cyclic amide) rings is 1. The fourth-order valence-electron chi connectivity index (χ4n) is 0.508. The second-order valence-corrected chi connectivity index (χ2v) is 2.17. The van der Waals surface area contributed by atoms with Crippen molar-refractivity contribution in [2.75, 3.05) is 0 Å². The summed E-state index contributed by atoms with van der Waals surface area (Å²) in [6.45, 7) is 1.87. The van der Waals surface area contributed by atoms with Crippen molar-refractivity contribution in [2.45, 2.75) is 18.3 Å². The summed E-state index contributed by atoms with van der Waals surface area (Å²) in [4.78, 5) is 10.2. The van der Waals surface area contributed by atoms with Crippen LogP contribution < -0.4 is 5.32 Å². The maximum Gasteiger partial charge on any atom is 0.240 e. The van der Waals surface area contributed by atoms with Crippen LogP contribution in [-0.4, -0.2) is 17.3 Å². The average molecular weight is 120 g/mol. The average Bonchev–Trinajstić information content (AvgIpc) is 1.68. The summed E-state index contributed by atoms with van der Waals surface area (Å²) in [5.41, 5.74) is 0. The van der Waals surface area contributed by atoms with Gasteiger partial charge in [-0.25, -0.2) is 0 Å². The van der Waals surface area contributed by atoms with E-state index in [0.29, 0.717) is 0 Å². The van der Waals surface area contributed by atoms with Gasteiger partial charge in [0, 0.05) is 0 Å². The largest absolute Gasteiger partial charge is 0.350 e. The first-order chi connectivity index (χ1) is 3.22. The summed E-state index contributed by atoms with van der Waals surface area (Å²) >= 11 is 5.44. The van der Waals surface area contributed by atoms with E-state index in [2.05, 4.69) is 5.32 Å². The molecule has 0 aromatic heterocycles. The lowest BCUT2D eigenvalue weighted by molar-refractivity contribution is -0.127. The van der Waals surface area contributed by atoms with Gasteiger partial charge in [-0.2, -0.15) is 0 Å². The summed E-state index contributed by atoms with van der Waals surface area (Å²) in [5, 5.41) is 2.31. The Morgan fingerprint density at radius 2 is 2.43 bits per heavy atom. The van der Waals surface area contributed by atoms with E-state index in [0.717, 1.165) is 0 Å².